The minimum absolute atomic E-state index is 0.404. The van der Waals surface area contributed by atoms with Crippen LogP contribution in [0, 0.1) is 11.8 Å². The first-order valence-corrected chi connectivity index (χ1v) is 6.48. The molecule has 86 valence electrons. The lowest BCUT2D eigenvalue weighted by molar-refractivity contribution is 0.108. The van der Waals surface area contributed by atoms with E-state index in [4.69, 9.17) is 4.74 Å². The van der Waals surface area contributed by atoms with Gasteiger partial charge in [-0.1, -0.05) is 0 Å². The number of hydrogen-bond donors (Lipinski definition) is 0. The van der Waals surface area contributed by atoms with Crippen molar-refractivity contribution in [3.63, 3.8) is 0 Å². The smallest absolute Gasteiger partial charge is 0.0870 e. The largest absolute Gasteiger partial charge is 0.370 e. The van der Waals surface area contributed by atoms with Crippen LogP contribution in [0.4, 0.5) is 0 Å². The molecule has 0 N–H and O–H groups in total. The average molecular weight is 209 g/mol. The molecule has 0 saturated carbocycles. The van der Waals surface area contributed by atoms with Gasteiger partial charge in [0.05, 0.1) is 12.2 Å². The van der Waals surface area contributed by atoms with Crippen LogP contribution in [-0.2, 0) is 4.74 Å². The van der Waals surface area contributed by atoms with Gasteiger partial charge in [-0.2, -0.15) is 0 Å². The highest BCUT2D eigenvalue weighted by molar-refractivity contribution is 5.01. The minimum Gasteiger partial charge on any atom is -0.370 e. The SMILES string of the molecule is CC1OC1C1CC(C)(C)N2CCC1CC2. The fourth-order valence-electron chi connectivity index (χ4n) is 3.84. The number of rotatable bonds is 1. The molecule has 4 fully saturated rings. The molecule has 0 aliphatic carbocycles. The first-order valence-electron chi connectivity index (χ1n) is 6.48. The third-order valence-electron chi connectivity index (χ3n) is 4.92. The molecule has 0 amide bonds. The van der Waals surface area contributed by atoms with E-state index in [0.717, 1.165) is 11.8 Å². The standard InChI is InChI=1S/C13H23NO/c1-9-12(15-9)11-8-13(2,3)14-6-4-10(11)5-7-14/h9-12H,4-8H2,1-3H3. The summed E-state index contributed by atoms with van der Waals surface area (Å²) in [5.74, 6) is 1.78. The number of epoxide rings is 1. The lowest BCUT2D eigenvalue weighted by atomic mass is 9.79. The zero-order chi connectivity index (χ0) is 10.6. The second-order valence-corrected chi connectivity index (χ2v) is 6.31. The van der Waals surface area contributed by atoms with Crippen LogP contribution >= 0.6 is 0 Å². The van der Waals surface area contributed by atoms with Crippen molar-refractivity contribution >= 4 is 0 Å². The van der Waals surface area contributed by atoms with Crippen LogP contribution < -0.4 is 0 Å². The molecule has 0 aromatic rings. The summed E-state index contributed by atoms with van der Waals surface area (Å²) >= 11 is 0. The van der Waals surface area contributed by atoms with E-state index in [-0.39, 0.29) is 0 Å². The average Bonchev–Trinajstić information content (AvgIpc) is 2.94. The van der Waals surface area contributed by atoms with Gasteiger partial charge in [-0.15, -0.1) is 0 Å². The summed E-state index contributed by atoms with van der Waals surface area (Å²) in [7, 11) is 0. The van der Waals surface area contributed by atoms with Gasteiger partial charge in [-0.3, -0.25) is 4.90 Å². The van der Waals surface area contributed by atoms with Crippen molar-refractivity contribution < 1.29 is 4.74 Å². The molecule has 0 aromatic carbocycles. The maximum absolute atomic E-state index is 5.74. The third-order valence-corrected chi connectivity index (χ3v) is 4.92. The Morgan fingerprint density at radius 2 is 1.80 bits per heavy atom. The molecule has 4 saturated heterocycles. The van der Waals surface area contributed by atoms with Crippen LogP contribution in [0.5, 0.6) is 0 Å². The Bertz CT molecular complexity index is 255. The Morgan fingerprint density at radius 3 is 2.33 bits per heavy atom. The Labute approximate surface area is 93.0 Å². The van der Waals surface area contributed by atoms with E-state index in [9.17, 15) is 0 Å². The van der Waals surface area contributed by atoms with Crippen molar-refractivity contribution in [3.05, 3.63) is 0 Å². The van der Waals surface area contributed by atoms with Crippen LogP contribution in [0.2, 0.25) is 0 Å². The molecule has 4 aliphatic heterocycles. The summed E-state index contributed by atoms with van der Waals surface area (Å²) in [6.45, 7) is 9.70. The molecule has 0 radical (unpaired) electrons. The van der Waals surface area contributed by atoms with Gasteiger partial charge in [0.1, 0.15) is 0 Å². The lowest BCUT2D eigenvalue weighted by Gasteiger charge is -2.38. The first-order chi connectivity index (χ1) is 7.08. The van der Waals surface area contributed by atoms with Gasteiger partial charge in [-0.05, 0) is 65.0 Å². The highest BCUT2D eigenvalue weighted by Crippen LogP contribution is 2.46. The van der Waals surface area contributed by atoms with Gasteiger partial charge in [0, 0.05) is 5.54 Å². The second-order valence-electron chi connectivity index (χ2n) is 6.31. The molecule has 4 rings (SSSR count). The molecule has 15 heavy (non-hydrogen) atoms. The van der Waals surface area contributed by atoms with Crippen molar-refractivity contribution in [3.8, 4) is 0 Å². The summed E-state index contributed by atoms with van der Waals surface area (Å²) in [4.78, 5) is 2.69. The van der Waals surface area contributed by atoms with Gasteiger partial charge >= 0.3 is 0 Å². The second kappa shape index (κ2) is 3.21. The summed E-state index contributed by atoms with van der Waals surface area (Å²) in [5, 5.41) is 0. The fraction of sp³-hybridized carbons (Fsp3) is 1.00. The molecule has 0 spiro atoms. The van der Waals surface area contributed by atoms with Gasteiger partial charge in [0.25, 0.3) is 0 Å². The molecule has 2 heteroatoms. The summed E-state index contributed by atoms with van der Waals surface area (Å²) in [6, 6.07) is 0. The van der Waals surface area contributed by atoms with E-state index >= 15 is 0 Å². The minimum atomic E-state index is 0.404. The number of nitrogens with zero attached hydrogens (tertiary/aromatic N) is 1. The molecule has 3 unspecified atom stereocenters. The van der Waals surface area contributed by atoms with Crippen molar-refractivity contribution in [2.24, 2.45) is 11.8 Å². The molecule has 4 aliphatic rings. The van der Waals surface area contributed by atoms with Crippen molar-refractivity contribution in [1.29, 1.82) is 0 Å². The summed E-state index contributed by atoms with van der Waals surface area (Å²) in [6.07, 6.45) is 5.28. The van der Waals surface area contributed by atoms with E-state index in [1.54, 1.807) is 0 Å². The Hall–Kier alpha value is -0.0800. The Kier molecular flexibility index (Phi) is 2.16. The highest BCUT2D eigenvalue weighted by Gasteiger charge is 2.50. The summed E-state index contributed by atoms with van der Waals surface area (Å²) in [5.41, 5.74) is 0.404. The van der Waals surface area contributed by atoms with Crippen LogP contribution in [0.3, 0.4) is 0 Å². The number of fused-ring (bicyclic) bond motifs is 4. The molecule has 4 heterocycles. The normalized spacial score (nSPS) is 52.6. The predicted molar refractivity (Wildman–Crippen MR) is 60.8 cm³/mol. The zero-order valence-corrected chi connectivity index (χ0v) is 10.2. The molecule has 2 nitrogen and oxygen atoms in total. The van der Waals surface area contributed by atoms with E-state index in [0.29, 0.717) is 17.7 Å². The molecular weight excluding hydrogens is 186 g/mol. The van der Waals surface area contributed by atoms with E-state index in [2.05, 4.69) is 25.7 Å². The Balaban J connectivity index is 1.83. The van der Waals surface area contributed by atoms with Crippen LogP contribution in [0.15, 0.2) is 0 Å². The van der Waals surface area contributed by atoms with Gasteiger partial charge < -0.3 is 4.74 Å². The summed E-state index contributed by atoms with van der Waals surface area (Å²) < 4.78 is 5.74. The fourth-order valence-corrected chi connectivity index (χ4v) is 3.84. The van der Waals surface area contributed by atoms with Gasteiger partial charge in [-0.25, -0.2) is 0 Å². The van der Waals surface area contributed by atoms with Crippen molar-refractivity contribution in [2.45, 2.75) is 57.8 Å². The number of ether oxygens (including phenoxy) is 1. The lowest BCUT2D eigenvalue weighted by Crippen LogP contribution is -2.44. The monoisotopic (exact) mass is 209 g/mol. The molecule has 0 aromatic heterocycles. The predicted octanol–water partition coefficient (Wildman–Crippen LogP) is 2.28. The van der Waals surface area contributed by atoms with E-state index in [1.165, 1.54) is 32.4 Å². The molecular formula is C13H23NO. The van der Waals surface area contributed by atoms with Gasteiger partial charge in [0.2, 0.25) is 0 Å². The van der Waals surface area contributed by atoms with Crippen LogP contribution in [-0.4, -0.2) is 35.7 Å². The molecule has 3 atom stereocenters. The van der Waals surface area contributed by atoms with E-state index < -0.39 is 0 Å². The van der Waals surface area contributed by atoms with Gasteiger partial charge in [0.15, 0.2) is 0 Å². The maximum atomic E-state index is 5.74. The zero-order valence-electron chi connectivity index (χ0n) is 10.2. The third kappa shape index (κ3) is 1.62. The van der Waals surface area contributed by atoms with Crippen LogP contribution in [0.1, 0.15) is 40.0 Å². The highest BCUT2D eigenvalue weighted by atomic mass is 16.6. The van der Waals surface area contributed by atoms with Crippen LogP contribution in [0.25, 0.3) is 0 Å². The van der Waals surface area contributed by atoms with E-state index in [1.807, 2.05) is 0 Å². The topological polar surface area (TPSA) is 15.8 Å². The van der Waals surface area contributed by atoms with Crippen molar-refractivity contribution in [1.82, 2.24) is 4.90 Å². The number of piperidine rings is 1. The van der Waals surface area contributed by atoms with Crippen molar-refractivity contribution in [2.75, 3.05) is 13.1 Å². The number of hydrogen-bond acceptors (Lipinski definition) is 2. The maximum Gasteiger partial charge on any atom is 0.0870 e. The molecule has 2 bridgehead atoms. The quantitative estimate of drug-likeness (QED) is 0.616. The Morgan fingerprint density at radius 1 is 1.20 bits per heavy atom. The first kappa shape index (κ1) is 10.1.